The maximum absolute atomic E-state index is 5.85. The molecule has 2 aromatic carbocycles. The van der Waals surface area contributed by atoms with Crippen LogP contribution in [0.3, 0.4) is 0 Å². The number of hydrogen-bond acceptors (Lipinski definition) is 3. The van der Waals surface area contributed by atoms with Gasteiger partial charge in [0.15, 0.2) is 0 Å². The number of hydrogen-bond donors (Lipinski definition) is 1. The van der Waals surface area contributed by atoms with Gasteiger partial charge in [-0.3, -0.25) is 0 Å². The van der Waals surface area contributed by atoms with E-state index in [1.54, 1.807) is 14.2 Å². The van der Waals surface area contributed by atoms with Crippen LogP contribution in [-0.2, 0) is 6.54 Å². The molecule has 2 rings (SSSR count). The van der Waals surface area contributed by atoms with Gasteiger partial charge in [-0.15, -0.1) is 0 Å². The van der Waals surface area contributed by atoms with Gasteiger partial charge in [-0.2, -0.15) is 0 Å². The average molecular weight is 278 g/mol. The van der Waals surface area contributed by atoms with E-state index in [2.05, 4.69) is 5.32 Å². The molecule has 0 radical (unpaired) electrons. The lowest BCUT2D eigenvalue weighted by molar-refractivity contribution is 0.391. The SMILES string of the molecule is COc1ccc(CNc2ccc(Cl)cc2)c(OC)c1. The Morgan fingerprint density at radius 1 is 1.00 bits per heavy atom. The smallest absolute Gasteiger partial charge is 0.127 e. The monoisotopic (exact) mass is 277 g/mol. The van der Waals surface area contributed by atoms with Gasteiger partial charge >= 0.3 is 0 Å². The fourth-order valence-corrected chi connectivity index (χ4v) is 1.89. The summed E-state index contributed by atoms with van der Waals surface area (Å²) >= 11 is 5.85. The summed E-state index contributed by atoms with van der Waals surface area (Å²) in [6.45, 7) is 0.675. The second kappa shape index (κ2) is 6.34. The first kappa shape index (κ1) is 13.6. The molecule has 0 unspecified atom stereocenters. The number of nitrogens with one attached hydrogen (secondary N) is 1. The quantitative estimate of drug-likeness (QED) is 0.897. The molecule has 0 aromatic heterocycles. The number of rotatable bonds is 5. The molecule has 0 aliphatic carbocycles. The fraction of sp³-hybridized carbons (Fsp3) is 0.200. The molecule has 0 aliphatic heterocycles. The molecule has 1 N–H and O–H groups in total. The summed E-state index contributed by atoms with van der Waals surface area (Å²) in [5.41, 5.74) is 2.08. The topological polar surface area (TPSA) is 30.5 Å². The van der Waals surface area contributed by atoms with E-state index in [4.69, 9.17) is 21.1 Å². The van der Waals surface area contributed by atoms with Gasteiger partial charge in [0, 0.05) is 28.9 Å². The molecule has 4 heteroatoms. The third kappa shape index (κ3) is 3.55. The molecule has 0 aliphatic rings. The first-order valence-corrected chi connectivity index (χ1v) is 6.31. The Labute approximate surface area is 118 Å². The van der Waals surface area contributed by atoms with Crippen LogP contribution in [0, 0.1) is 0 Å². The second-order valence-corrected chi connectivity index (χ2v) is 4.47. The summed E-state index contributed by atoms with van der Waals surface area (Å²) in [6, 6.07) is 13.4. The molecule has 0 saturated carbocycles. The third-order valence-corrected chi connectivity index (χ3v) is 3.07. The normalized spacial score (nSPS) is 10.1. The van der Waals surface area contributed by atoms with Crippen molar-refractivity contribution in [3.63, 3.8) is 0 Å². The van der Waals surface area contributed by atoms with Gasteiger partial charge in [-0.05, 0) is 36.4 Å². The lowest BCUT2D eigenvalue weighted by Crippen LogP contribution is -2.01. The fourth-order valence-electron chi connectivity index (χ4n) is 1.76. The molecule has 0 atom stereocenters. The molecule has 0 bridgehead atoms. The van der Waals surface area contributed by atoms with Gasteiger partial charge in [-0.1, -0.05) is 11.6 Å². The maximum atomic E-state index is 5.85. The Bertz CT molecular complexity index is 540. The summed E-state index contributed by atoms with van der Waals surface area (Å²) in [4.78, 5) is 0. The zero-order valence-corrected chi connectivity index (χ0v) is 11.7. The first-order valence-electron chi connectivity index (χ1n) is 5.93. The molecule has 0 heterocycles. The number of methoxy groups -OCH3 is 2. The maximum Gasteiger partial charge on any atom is 0.127 e. The van der Waals surface area contributed by atoms with E-state index in [-0.39, 0.29) is 0 Å². The standard InChI is InChI=1S/C15H16ClNO2/c1-18-14-8-3-11(15(9-14)19-2)10-17-13-6-4-12(16)5-7-13/h3-9,17H,10H2,1-2H3. The van der Waals surface area contributed by atoms with E-state index < -0.39 is 0 Å². The molecule has 2 aromatic rings. The van der Waals surface area contributed by atoms with Crippen LogP contribution in [0.25, 0.3) is 0 Å². The molecule has 0 fully saturated rings. The molecule has 0 saturated heterocycles. The van der Waals surface area contributed by atoms with E-state index in [1.165, 1.54) is 0 Å². The minimum Gasteiger partial charge on any atom is -0.497 e. The van der Waals surface area contributed by atoms with Gasteiger partial charge in [-0.25, -0.2) is 0 Å². The lowest BCUT2D eigenvalue weighted by atomic mass is 10.2. The van der Waals surface area contributed by atoms with Crippen molar-refractivity contribution in [2.24, 2.45) is 0 Å². The largest absolute Gasteiger partial charge is 0.497 e. The zero-order valence-electron chi connectivity index (χ0n) is 10.9. The molecule has 0 amide bonds. The van der Waals surface area contributed by atoms with Crippen molar-refractivity contribution in [3.8, 4) is 11.5 Å². The van der Waals surface area contributed by atoms with Crippen LogP contribution >= 0.6 is 11.6 Å². The Kier molecular flexibility index (Phi) is 4.53. The summed E-state index contributed by atoms with van der Waals surface area (Å²) < 4.78 is 10.5. The highest BCUT2D eigenvalue weighted by atomic mass is 35.5. The molecule has 19 heavy (non-hydrogen) atoms. The van der Waals surface area contributed by atoms with Crippen LogP contribution < -0.4 is 14.8 Å². The van der Waals surface area contributed by atoms with Crippen molar-refractivity contribution in [1.29, 1.82) is 0 Å². The van der Waals surface area contributed by atoms with Crippen LogP contribution in [-0.4, -0.2) is 14.2 Å². The van der Waals surface area contributed by atoms with Crippen LogP contribution in [0.1, 0.15) is 5.56 Å². The van der Waals surface area contributed by atoms with Crippen molar-refractivity contribution < 1.29 is 9.47 Å². The molecular weight excluding hydrogens is 262 g/mol. The number of anilines is 1. The van der Waals surface area contributed by atoms with Crippen LogP contribution in [0.5, 0.6) is 11.5 Å². The van der Waals surface area contributed by atoms with Crippen molar-refractivity contribution in [1.82, 2.24) is 0 Å². The van der Waals surface area contributed by atoms with Gasteiger partial charge in [0.2, 0.25) is 0 Å². The van der Waals surface area contributed by atoms with Crippen molar-refractivity contribution in [3.05, 3.63) is 53.1 Å². The van der Waals surface area contributed by atoms with Gasteiger partial charge in [0.25, 0.3) is 0 Å². The molecular formula is C15H16ClNO2. The van der Waals surface area contributed by atoms with Gasteiger partial charge < -0.3 is 14.8 Å². The van der Waals surface area contributed by atoms with Crippen LogP contribution in [0.15, 0.2) is 42.5 Å². The Morgan fingerprint density at radius 2 is 1.74 bits per heavy atom. The number of ether oxygens (including phenoxy) is 2. The Morgan fingerprint density at radius 3 is 2.37 bits per heavy atom. The van der Waals surface area contributed by atoms with Crippen molar-refractivity contribution in [2.75, 3.05) is 19.5 Å². The molecule has 100 valence electrons. The minimum absolute atomic E-state index is 0.675. The zero-order chi connectivity index (χ0) is 13.7. The summed E-state index contributed by atoms with van der Waals surface area (Å²) in [6.07, 6.45) is 0. The van der Waals surface area contributed by atoms with Gasteiger partial charge in [0.05, 0.1) is 14.2 Å². The average Bonchev–Trinajstić information content (AvgIpc) is 2.46. The first-order chi connectivity index (χ1) is 9.22. The highest BCUT2D eigenvalue weighted by molar-refractivity contribution is 6.30. The summed E-state index contributed by atoms with van der Waals surface area (Å²) in [5, 5.41) is 4.05. The van der Waals surface area contributed by atoms with E-state index in [1.807, 2.05) is 42.5 Å². The number of halogens is 1. The van der Waals surface area contributed by atoms with E-state index in [0.29, 0.717) is 6.54 Å². The predicted molar refractivity (Wildman–Crippen MR) is 78.3 cm³/mol. The van der Waals surface area contributed by atoms with E-state index in [9.17, 15) is 0 Å². The van der Waals surface area contributed by atoms with Crippen LogP contribution in [0.4, 0.5) is 5.69 Å². The Balaban J connectivity index is 2.08. The summed E-state index contributed by atoms with van der Waals surface area (Å²) in [5.74, 6) is 1.59. The minimum atomic E-state index is 0.675. The predicted octanol–water partition coefficient (Wildman–Crippen LogP) is 3.97. The summed E-state index contributed by atoms with van der Waals surface area (Å²) in [7, 11) is 3.29. The van der Waals surface area contributed by atoms with Crippen molar-refractivity contribution >= 4 is 17.3 Å². The number of benzene rings is 2. The van der Waals surface area contributed by atoms with Crippen LogP contribution in [0.2, 0.25) is 5.02 Å². The Hall–Kier alpha value is -1.87. The second-order valence-electron chi connectivity index (χ2n) is 4.04. The van der Waals surface area contributed by atoms with Crippen molar-refractivity contribution in [2.45, 2.75) is 6.54 Å². The highest BCUT2D eigenvalue weighted by Gasteiger charge is 2.04. The molecule has 0 spiro atoms. The highest BCUT2D eigenvalue weighted by Crippen LogP contribution is 2.25. The van der Waals surface area contributed by atoms with Gasteiger partial charge in [0.1, 0.15) is 11.5 Å². The van der Waals surface area contributed by atoms with E-state index >= 15 is 0 Å². The van der Waals surface area contributed by atoms with E-state index in [0.717, 1.165) is 27.8 Å². The third-order valence-electron chi connectivity index (χ3n) is 2.82. The lowest BCUT2D eigenvalue weighted by Gasteiger charge is -2.12. The molecule has 3 nitrogen and oxygen atoms in total.